The molecular formula is C18H23ClN4O3S. The van der Waals surface area contributed by atoms with Gasteiger partial charge in [0.25, 0.3) is 0 Å². The highest BCUT2D eigenvalue weighted by Crippen LogP contribution is 2.38. The lowest BCUT2D eigenvalue weighted by Gasteiger charge is -2.44. The van der Waals surface area contributed by atoms with Crippen molar-refractivity contribution < 1.29 is 12.9 Å². The molecule has 146 valence electrons. The van der Waals surface area contributed by atoms with E-state index in [2.05, 4.69) is 15.0 Å². The molecule has 27 heavy (non-hydrogen) atoms. The zero-order valence-electron chi connectivity index (χ0n) is 15.2. The van der Waals surface area contributed by atoms with Crippen LogP contribution in [0.4, 0.5) is 0 Å². The zero-order chi connectivity index (χ0) is 19.0. The van der Waals surface area contributed by atoms with Gasteiger partial charge in [-0.25, -0.2) is 8.42 Å². The molecule has 7 nitrogen and oxygen atoms in total. The van der Waals surface area contributed by atoms with Crippen LogP contribution in [0.2, 0.25) is 5.02 Å². The SMILES string of the molecule is CS(=O)(=O)N(CCc1noc(C2CC2)n1)C1CN(Cc2ccc(Cl)cc2)C1. The van der Waals surface area contributed by atoms with Gasteiger partial charge in [-0.2, -0.15) is 9.29 Å². The number of hydrogen-bond donors (Lipinski definition) is 0. The minimum absolute atomic E-state index is 0.0119. The Morgan fingerprint density at radius 1 is 1.26 bits per heavy atom. The second-order valence-corrected chi connectivity index (χ2v) is 9.79. The first-order valence-corrected chi connectivity index (χ1v) is 11.4. The smallest absolute Gasteiger partial charge is 0.229 e. The van der Waals surface area contributed by atoms with E-state index >= 15 is 0 Å². The average molecular weight is 411 g/mol. The first-order chi connectivity index (χ1) is 12.9. The number of halogens is 1. The predicted molar refractivity (Wildman–Crippen MR) is 102 cm³/mol. The Hall–Kier alpha value is -1.48. The Kier molecular flexibility index (Phi) is 5.24. The third kappa shape index (κ3) is 4.68. The van der Waals surface area contributed by atoms with E-state index in [-0.39, 0.29) is 6.04 Å². The summed E-state index contributed by atoms with van der Waals surface area (Å²) in [6.45, 7) is 2.60. The number of benzene rings is 1. The molecule has 1 aromatic heterocycles. The third-order valence-corrected chi connectivity index (χ3v) is 6.64. The van der Waals surface area contributed by atoms with E-state index in [1.54, 1.807) is 4.31 Å². The Morgan fingerprint density at radius 2 is 1.96 bits per heavy atom. The number of aromatic nitrogens is 2. The molecule has 1 aliphatic heterocycles. The van der Waals surface area contributed by atoms with E-state index < -0.39 is 10.0 Å². The number of likely N-dealkylation sites (tertiary alicyclic amines) is 1. The third-order valence-electron chi connectivity index (χ3n) is 5.06. The van der Waals surface area contributed by atoms with Gasteiger partial charge in [-0.15, -0.1) is 0 Å². The number of nitrogens with zero attached hydrogens (tertiary/aromatic N) is 4. The van der Waals surface area contributed by atoms with Gasteiger partial charge in [-0.05, 0) is 30.5 Å². The molecule has 1 aliphatic carbocycles. The lowest BCUT2D eigenvalue weighted by atomic mass is 10.1. The van der Waals surface area contributed by atoms with Crippen LogP contribution in [-0.4, -0.2) is 59.7 Å². The van der Waals surface area contributed by atoms with Crippen molar-refractivity contribution in [3.63, 3.8) is 0 Å². The van der Waals surface area contributed by atoms with Crippen LogP contribution >= 0.6 is 11.6 Å². The van der Waals surface area contributed by atoms with Gasteiger partial charge in [0.05, 0.1) is 12.3 Å². The van der Waals surface area contributed by atoms with E-state index in [9.17, 15) is 8.42 Å². The van der Waals surface area contributed by atoms with Crippen molar-refractivity contribution in [3.05, 3.63) is 46.6 Å². The minimum atomic E-state index is -3.29. The molecule has 1 aromatic carbocycles. The van der Waals surface area contributed by atoms with Crippen LogP contribution in [0.1, 0.15) is 36.0 Å². The lowest BCUT2D eigenvalue weighted by molar-refractivity contribution is 0.0731. The van der Waals surface area contributed by atoms with Crippen molar-refractivity contribution in [1.29, 1.82) is 0 Å². The number of sulfonamides is 1. The van der Waals surface area contributed by atoms with Crippen molar-refractivity contribution in [2.75, 3.05) is 25.9 Å². The summed E-state index contributed by atoms with van der Waals surface area (Å²) in [4.78, 5) is 6.61. The van der Waals surface area contributed by atoms with E-state index in [0.717, 1.165) is 37.5 Å². The largest absolute Gasteiger partial charge is 0.339 e. The van der Waals surface area contributed by atoms with Gasteiger partial charge in [0.2, 0.25) is 15.9 Å². The summed E-state index contributed by atoms with van der Waals surface area (Å²) in [7, 11) is -3.29. The molecule has 4 rings (SSSR count). The highest BCUT2D eigenvalue weighted by molar-refractivity contribution is 7.88. The van der Waals surface area contributed by atoms with Crippen LogP contribution in [0, 0.1) is 0 Å². The molecule has 2 fully saturated rings. The summed E-state index contributed by atoms with van der Waals surface area (Å²) >= 11 is 5.91. The number of hydrogen-bond acceptors (Lipinski definition) is 6. The van der Waals surface area contributed by atoms with E-state index in [1.807, 2.05) is 24.3 Å². The second-order valence-electron chi connectivity index (χ2n) is 7.42. The van der Waals surface area contributed by atoms with Crippen molar-refractivity contribution in [2.24, 2.45) is 0 Å². The molecule has 1 saturated carbocycles. The molecule has 0 bridgehead atoms. The van der Waals surface area contributed by atoms with Crippen LogP contribution in [0.25, 0.3) is 0 Å². The standard InChI is InChI=1S/C18H23ClN4O3S/c1-27(24,25)23(9-8-17-20-18(26-21-17)14-4-5-14)16-11-22(12-16)10-13-2-6-15(19)7-3-13/h2-3,6-7,14,16H,4-5,8-12H2,1H3. The number of rotatable bonds is 8. The van der Waals surface area contributed by atoms with Gasteiger partial charge in [0.1, 0.15) is 0 Å². The molecule has 0 unspecified atom stereocenters. The molecule has 0 N–H and O–H groups in total. The van der Waals surface area contributed by atoms with Gasteiger partial charge < -0.3 is 4.52 Å². The molecule has 2 aromatic rings. The fourth-order valence-corrected chi connectivity index (χ4v) is 4.62. The van der Waals surface area contributed by atoms with Crippen molar-refractivity contribution in [2.45, 2.75) is 37.8 Å². The summed E-state index contributed by atoms with van der Waals surface area (Å²) in [6.07, 6.45) is 3.93. The van der Waals surface area contributed by atoms with Crippen LogP contribution in [0.5, 0.6) is 0 Å². The van der Waals surface area contributed by atoms with E-state index in [0.29, 0.717) is 30.6 Å². The zero-order valence-corrected chi connectivity index (χ0v) is 16.8. The first kappa shape index (κ1) is 18.9. The van der Waals surface area contributed by atoms with Crippen LogP contribution in [0.15, 0.2) is 28.8 Å². The Morgan fingerprint density at radius 3 is 2.59 bits per heavy atom. The van der Waals surface area contributed by atoms with Crippen LogP contribution in [0.3, 0.4) is 0 Å². The molecule has 9 heteroatoms. The average Bonchev–Trinajstić information content (AvgIpc) is 3.32. The Balaban J connectivity index is 1.32. The maximum atomic E-state index is 12.2. The topological polar surface area (TPSA) is 79.5 Å². The summed E-state index contributed by atoms with van der Waals surface area (Å²) in [5.41, 5.74) is 1.17. The van der Waals surface area contributed by atoms with Crippen molar-refractivity contribution in [3.8, 4) is 0 Å². The predicted octanol–water partition coefficient (Wildman–Crippen LogP) is 2.29. The molecule has 1 saturated heterocycles. The molecule has 0 atom stereocenters. The fourth-order valence-electron chi connectivity index (χ4n) is 3.40. The summed E-state index contributed by atoms with van der Waals surface area (Å²) in [6, 6.07) is 7.73. The summed E-state index contributed by atoms with van der Waals surface area (Å²) in [5.74, 6) is 1.68. The normalized spacial score (nSPS) is 18.8. The molecule has 2 heterocycles. The highest BCUT2D eigenvalue weighted by atomic mass is 35.5. The highest BCUT2D eigenvalue weighted by Gasteiger charge is 2.36. The fraction of sp³-hybridized carbons (Fsp3) is 0.556. The van der Waals surface area contributed by atoms with Crippen LogP contribution in [-0.2, 0) is 23.0 Å². The Bertz CT molecular complexity index is 890. The molecule has 0 radical (unpaired) electrons. The summed E-state index contributed by atoms with van der Waals surface area (Å²) in [5, 5.41) is 4.70. The van der Waals surface area contributed by atoms with Gasteiger partial charge in [-0.3, -0.25) is 4.90 Å². The van der Waals surface area contributed by atoms with Crippen LogP contribution < -0.4 is 0 Å². The monoisotopic (exact) mass is 410 g/mol. The molecule has 2 aliphatic rings. The van der Waals surface area contributed by atoms with Gasteiger partial charge in [0, 0.05) is 43.5 Å². The minimum Gasteiger partial charge on any atom is -0.339 e. The molecule has 0 amide bonds. The van der Waals surface area contributed by atoms with Crippen molar-refractivity contribution in [1.82, 2.24) is 19.3 Å². The maximum absolute atomic E-state index is 12.2. The van der Waals surface area contributed by atoms with Crippen molar-refractivity contribution >= 4 is 21.6 Å². The molecular weight excluding hydrogens is 388 g/mol. The second kappa shape index (κ2) is 7.50. The quantitative estimate of drug-likeness (QED) is 0.664. The van der Waals surface area contributed by atoms with E-state index in [4.69, 9.17) is 16.1 Å². The maximum Gasteiger partial charge on any atom is 0.229 e. The lowest BCUT2D eigenvalue weighted by Crippen LogP contribution is -2.60. The van der Waals surface area contributed by atoms with Gasteiger partial charge in [0.15, 0.2) is 5.82 Å². The van der Waals surface area contributed by atoms with Gasteiger partial charge >= 0.3 is 0 Å². The van der Waals surface area contributed by atoms with E-state index in [1.165, 1.54) is 11.8 Å². The summed E-state index contributed by atoms with van der Waals surface area (Å²) < 4.78 is 31.3. The first-order valence-electron chi connectivity index (χ1n) is 9.14. The van der Waals surface area contributed by atoms with Gasteiger partial charge in [-0.1, -0.05) is 28.9 Å². The molecule has 0 spiro atoms. The Labute approximate surface area is 164 Å².